The van der Waals surface area contributed by atoms with Crippen molar-refractivity contribution in [2.24, 2.45) is 0 Å². The van der Waals surface area contributed by atoms with Gasteiger partial charge in [0.2, 0.25) is 0 Å². The predicted octanol–water partition coefficient (Wildman–Crippen LogP) is 17.1. The molecule has 9 heteroatoms. The zero-order valence-electron chi connectivity index (χ0n) is 46.4. The Kier molecular flexibility index (Phi) is 50.5. The van der Waals surface area contributed by atoms with Crippen molar-refractivity contribution in [2.75, 3.05) is 47.5 Å². The summed E-state index contributed by atoms with van der Waals surface area (Å²) >= 11 is 0. The minimum absolute atomic E-state index is 0.182. The molecule has 70 heavy (non-hydrogen) atoms. The Morgan fingerprint density at radius 2 is 0.814 bits per heavy atom. The highest BCUT2D eigenvalue weighted by molar-refractivity contribution is 5.71. The number of carboxylic acids is 1. The molecule has 0 heterocycles. The van der Waals surface area contributed by atoms with Gasteiger partial charge in [-0.25, -0.2) is 4.79 Å². The monoisotopic (exact) mass is 987 g/mol. The quantitative estimate of drug-likeness (QED) is 0.0211. The molecule has 1 N–H and O–H groups in total. The third-order valence-electron chi connectivity index (χ3n) is 12.8. The molecule has 0 fully saturated rings. The molecule has 0 aromatic rings. The van der Waals surface area contributed by atoms with E-state index in [2.05, 4.69) is 62.5 Å². The number of aliphatic carboxylic acids is 1. The number of carbonyl (C=O) groups is 3. The van der Waals surface area contributed by atoms with Crippen LogP contribution >= 0.6 is 0 Å². The van der Waals surface area contributed by atoms with E-state index in [-0.39, 0.29) is 32.2 Å². The molecular formula is C61H112NO8+. The molecule has 0 aromatic carbocycles. The number of carboxylic acid groups (broad SMARTS) is 1. The molecule has 0 amide bonds. The molecule has 0 aliphatic carbocycles. The van der Waals surface area contributed by atoms with Crippen molar-refractivity contribution in [3.8, 4) is 0 Å². The van der Waals surface area contributed by atoms with Gasteiger partial charge in [-0.3, -0.25) is 9.59 Å². The Hall–Kier alpha value is -2.75. The standard InChI is InChI=1S/C61H111NO8/c1-6-8-10-12-14-16-18-20-22-24-25-26-27-28-29-30-31-32-33-34-36-37-39-41-43-45-47-49-51-58(63)68-55-57(56-69-61(60(65)66)67-54-53-62(3,4)5)70-59(64)52-50-48-46-44-42-40-38-35-23-21-19-17-15-13-11-9-7-2/h9,11,15,17,21,23,38,40,57,61H,6-8,10,12-14,16,18-20,22,24-37,39,41-56H2,1-5H3/p+1/b11-9-,17-15-,23-21-,40-38-. The van der Waals surface area contributed by atoms with Crippen molar-refractivity contribution in [1.82, 2.24) is 0 Å². The van der Waals surface area contributed by atoms with Crippen molar-refractivity contribution in [3.05, 3.63) is 48.6 Å². The molecule has 0 aliphatic rings. The average Bonchev–Trinajstić information content (AvgIpc) is 3.33. The number of carbonyl (C=O) groups excluding carboxylic acids is 2. The van der Waals surface area contributed by atoms with E-state index < -0.39 is 24.3 Å². The van der Waals surface area contributed by atoms with E-state index in [0.29, 0.717) is 23.9 Å². The van der Waals surface area contributed by atoms with Crippen LogP contribution in [0.5, 0.6) is 0 Å². The van der Waals surface area contributed by atoms with E-state index >= 15 is 0 Å². The number of quaternary nitrogens is 1. The Balaban J connectivity index is 4.16. The first-order valence-corrected chi connectivity index (χ1v) is 29.3. The first-order valence-electron chi connectivity index (χ1n) is 29.3. The van der Waals surface area contributed by atoms with E-state index in [9.17, 15) is 19.5 Å². The first kappa shape index (κ1) is 67.2. The molecule has 0 rings (SSSR count). The molecule has 408 valence electrons. The highest BCUT2D eigenvalue weighted by Crippen LogP contribution is 2.17. The van der Waals surface area contributed by atoms with Gasteiger partial charge in [0.1, 0.15) is 13.2 Å². The fourth-order valence-electron chi connectivity index (χ4n) is 8.36. The third-order valence-corrected chi connectivity index (χ3v) is 12.8. The second-order valence-corrected chi connectivity index (χ2v) is 20.9. The number of allylic oxidation sites excluding steroid dienone is 8. The van der Waals surface area contributed by atoms with Gasteiger partial charge in [0, 0.05) is 12.8 Å². The summed E-state index contributed by atoms with van der Waals surface area (Å²) in [6, 6.07) is 0. The fraction of sp³-hybridized carbons (Fsp3) is 0.820. The summed E-state index contributed by atoms with van der Waals surface area (Å²) in [5, 5.41) is 9.69. The van der Waals surface area contributed by atoms with Crippen LogP contribution in [0.1, 0.15) is 264 Å². The largest absolute Gasteiger partial charge is 0.477 e. The van der Waals surface area contributed by atoms with Crippen LogP contribution in [0.15, 0.2) is 48.6 Å². The molecule has 0 bridgehead atoms. The maximum absolute atomic E-state index is 12.8. The summed E-state index contributed by atoms with van der Waals surface area (Å²) in [5.41, 5.74) is 0. The van der Waals surface area contributed by atoms with E-state index in [1.807, 2.05) is 21.1 Å². The Morgan fingerprint density at radius 3 is 1.21 bits per heavy atom. The number of unbranched alkanes of at least 4 members (excludes halogenated alkanes) is 31. The van der Waals surface area contributed by atoms with Gasteiger partial charge < -0.3 is 28.5 Å². The minimum atomic E-state index is -1.52. The van der Waals surface area contributed by atoms with Gasteiger partial charge >= 0.3 is 17.9 Å². The van der Waals surface area contributed by atoms with Crippen molar-refractivity contribution in [2.45, 2.75) is 277 Å². The molecule has 0 saturated heterocycles. The summed E-state index contributed by atoms with van der Waals surface area (Å²) in [5.74, 6) is -2.03. The average molecular weight is 988 g/mol. The number of nitrogens with zero attached hydrogens (tertiary/aromatic N) is 1. The van der Waals surface area contributed by atoms with Crippen LogP contribution in [0.4, 0.5) is 0 Å². The van der Waals surface area contributed by atoms with E-state index in [1.54, 1.807) is 0 Å². The number of ether oxygens (including phenoxy) is 4. The predicted molar refractivity (Wildman–Crippen MR) is 295 cm³/mol. The molecule has 2 atom stereocenters. The zero-order valence-corrected chi connectivity index (χ0v) is 46.4. The number of likely N-dealkylation sites (N-methyl/N-ethyl adjacent to an activating group) is 1. The highest BCUT2D eigenvalue weighted by atomic mass is 16.7. The molecule has 0 radical (unpaired) electrons. The molecule has 2 unspecified atom stereocenters. The molecular weight excluding hydrogens is 875 g/mol. The summed E-state index contributed by atoms with van der Waals surface area (Å²) in [4.78, 5) is 37.4. The van der Waals surface area contributed by atoms with Gasteiger partial charge in [-0.1, -0.05) is 249 Å². The highest BCUT2D eigenvalue weighted by Gasteiger charge is 2.25. The molecule has 0 aromatic heterocycles. The molecule has 0 saturated carbocycles. The summed E-state index contributed by atoms with van der Waals surface area (Å²) in [6.45, 7) is 4.76. The lowest BCUT2D eigenvalue weighted by atomic mass is 10.0. The SMILES string of the molecule is CC/C=C\C/C=C\C/C=C\C/C=C\CCCCCCC(=O)OC(COC(=O)CCCCCCCCCCCCCCCCCCCCCCCCCCCCCC)COC(OCC[N+](C)(C)C)C(=O)O. The van der Waals surface area contributed by atoms with Gasteiger partial charge in [0.05, 0.1) is 34.4 Å². The zero-order chi connectivity index (χ0) is 51.3. The van der Waals surface area contributed by atoms with Crippen LogP contribution in [-0.4, -0.2) is 87.4 Å². The van der Waals surface area contributed by atoms with Crippen molar-refractivity contribution in [1.29, 1.82) is 0 Å². The van der Waals surface area contributed by atoms with Crippen molar-refractivity contribution in [3.63, 3.8) is 0 Å². The van der Waals surface area contributed by atoms with Crippen LogP contribution in [0.25, 0.3) is 0 Å². The van der Waals surface area contributed by atoms with Gasteiger partial charge in [-0.2, -0.15) is 0 Å². The minimum Gasteiger partial charge on any atom is -0.477 e. The van der Waals surface area contributed by atoms with Gasteiger partial charge in [0.15, 0.2) is 6.10 Å². The maximum atomic E-state index is 12.8. The van der Waals surface area contributed by atoms with Crippen LogP contribution in [0, 0.1) is 0 Å². The molecule has 0 aliphatic heterocycles. The fourth-order valence-corrected chi connectivity index (χ4v) is 8.36. The van der Waals surface area contributed by atoms with Crippen molar-refractivity contribution >= 4 is 17.9 Å². The Bertz CT molecular complexity index is 1290. The second-order valence-electron chi connectivity index (χ2n) is 20.9. The van der Waals surface area contributed by atoms with Crippen LogP contribution < -0.4 is 0 Å². The van der Waals surface area contributed by atoms with Gasteiger partial charge in [-0.15, -0.1) is 0 Å². The molecule has 9 nitrogen and oxygen atoms in total. The molecule has 0 spiro atoms. The van der Waals surface area contributed by atoms with Gasteiger partial charge in [0.25, 0.3) is 6.29 Å². The topological polar surface area (TPSA) is 108 Å². The normalized spacial score (nSPS) is 13.1. The smallest absolute Gasteiger partial charge is 0.361 e. The first-order chi connectivity index (χ1) is 34.1. The summed E-state index contributed by atoms with van der Waals surface area (Å²) in [7, 11) is 5.96. The summed E-state index contributed by atoms with van der Waals surface area (Å²) in [6.07, 6.45) is 62.1. The Morgan fingerprint density at radius 1 is 0.443 bits per heavy atom. The van der Waals surface area contributed by atoms with E-state index in [1.165, 1.54) is 161 Å². The lowest BCUT2D eigenvalue weighted by molar-refractivity contribution is -0.870. The lowest BCUT2D eigenvalue weighted by Gasteiger charge is -2.25. The van der Waals surface area contributed by atoms with Crippen LogP contribution in [0.3, 0.4) is 0 Å². The number of rotatable bonds is 54. The lowest BCUT2D eigenvalue weighted by Crippen LogP contribution is -2.40. The van der Waals surface area contributed by atoms with Gasteiger partial charge in [-0.05, 0) is 51.4 Å². The maximum Gasteiger partial charge on any atom is 0.361 e. The van der Waals surface area contributed by atoms with Crippen LogP contribution in [0.2, 0.25) is 0 Å². The van der Waals surface area contributed by atoms with E-state index in [4.69, 9.17) is 18.9 Å². The third kappa shape index (κ3) is 53.1. The van der Waals surface area contributed by atoms with E-state index in [0.717, 1.165) is 70.6 Å². The number of esters is 2. The van der Waals surface area contributed by atoms with Crippen LogP contribution in [-0.2, 0) is 33.3 Å². The second kappa shape index (κ2) is 52.6. The van der Waals surface area contributed by atoms with Crippen molar-refractivity contribution < 1.29 is 42.9 Å². The Labute approximate surface area is 432 Å². The number of hydrogen-bond donors (Lipinski definition) is 1. The number of hydrogen-bond acceptors (Lipinski definition) is 7. The summed E-state index contributed by atoms with van der Waals surface area (Å²) < 4.78 is 22.8.